The molecule has 1 aromatic heterocycles. The lowest BCUT2D eigenvalue weighted by Gasteiger charge is -2.34. The molecule has 0 bridgehead atoms. The van der Waals surface area contributed by atoms with Crippen molar-refractivity contribution in [2.24, 2.45) is 5.41 Å². The van der Waals surface area contributed by atoms with Crippen LogP contribution in [0.4, 0.5) is 0 Å². The summed E-state index contributed by atoms with van der Waals surface area (Å²) in [5.74, 6) is 0. The van der Waals surface area contributed by atoms with Gasteiger partial charge in [-0.3, -0.25) is 9.88 Å². The van der Waals surface area contributed by atoms with Crippen molar-refractivity contribution in [1.29, 1.82) is 0 Å². The second-order valence-corrected chi connectivity index (χ2v) is 6.74. The van der Waals surface area contributed by atoms with Gasteiger partial charge in [-0.15, -0.1) is 0 Å². The van der Waals surface area contributed by atoms with Gasteiger partial charge < -0.3 is 5.32 Å². The lowest BCUT2D eigenvalue weighted by molar-refractivity contribution is 0.163. The molecule has 0 saturated heterocycles. The van der Waals surface area contributed by atoms with E-state index >= 15 is 0 Å². The molecule has 1 N–H and O–H groups in total. The highest BCUT2D eigenvalue weighted by molar-refractivity contribution is 5.03. The van der Waals surface area contributed by atoms with Crippen LogP contribution in [0.2, 0.25) is 0 Å². The molecule has 112 valence electrons. The first kappa shape index (κ1) is 15.5. The summed E-state index contributed by atoms with van der Waals surface area (Å²) in [4.78, 5) is 6.87. The molecule has 3 heteroatoms. The van der Waals surface area contributed by atoms with Crippen molar-refractivity contribution in [2.45, 2.75) is 52.1 Å². The summed E-state index contributed by atoms with van der Waals surface area (Å²) in [5, 5.41) is 3.66. The van der Waals surface area contributed by atoms with Gasteiger partial charge in [0.05, 0.1) is 5.69 Å². The molecule has 0 aliphatic heterocycles. The van der Waals surface area contributed by atoms with Gasteiger partial charge in [0, 0.05) is 31.9 Å². The molecule has 1 aromatic rings. The minimum atomic E-state index is 0.466. The Hall–Kier alpha value is -0.930. The Balaban J connectivity index is 1.90. The number of hydrogen-bond acceptors (Lipinski definition) is 3. The Bertz CT molecular complexity index is 382. The molecular weight excluding hydrogens is 246 g/mol. The summed E-state index contributed by atoms with van der Waals surface area (Å²) in [6.07, 6.45) is 7.38. The molecule has 2 rings (SSSR count). The summed E-state index contributed by atoms with van der Waals surface area (Å²) < 4.78 is 0. The van der Waals surface area contributed by atoms with Crippen LogP contribution in [0.1, 0.15) is 45.2 Å². The molecule has 0 aromatic carbocycles. The molecular formula is C17H29N3. The van der Waals surface area contributed by atoms with Gasteiger partial charge in [-0.05, 0) is 37.4 Å². The summed E-state index contributed by atoms with van der Waals surface area (Å²) in [7, 11) is 2.23. The van der Waals surface area contributed by atoms with Gasteiger partial charge in [-0.1, -0.05) is 32.8 Å². The molecule has 1 aliphatic rings. The lowest BCUT2D eigenvalue weighted by atomic mass is 9.85. The number of aromatic nitrogens is 1. The van der Waals surface area contributed by atoms with Crippen molar-refractivity contribution < 1.29 is 0 Å². The van der Waals surface area contributed by atoms with E-state index in [0.717, 1.165) is 13.1 Å². The Morgan fingerprint density at radius 1 is 1.30 bits per heavy atom. The average molecular weight is 275 g/mol. The van der Waals surface area contributed by atoms with E-state index in [9.17, 15) is 0 Å². The van der Waals surface area contributed by atoms with Crippen LogP contribution in [0.3, 0.4) is 0 Å². The van der Waals surface area contributed by atoms with Crippen molar-refractivity contribution in [3.63, 3.8) is 0 Å². The number of pyridine rings is 1. The maximum absolute atomic E-state index is 4.43. The zero-order valence-electron chi connectivity index (χ0n) is 13.2. The second kappa shape index (κ2) is 7.19. The fourth-order valence-corrected chi connectivity index (χ4v) is 3.33. The van der Waals surface area contributed by atoms with Crippen LogP contribution >= 0.6 is 0 Å². The molecule has 0 unspecified atom stereocenters. The Morgan fingerprint density at radius 2 is 2.05 bits per heavy atom. The molecule has 0 atom stereocenters. The third-order valence-electron chi connectivity index (χ3n) is 4.31. The minimum Gasteiger partial charge on any atom is -0.314 e. The predicted molar refractivity (Wildman–Crippen MR) is 84.6 cm³/mol. The average Bonchev–Trinajstić information content (AvgIpc) is 2.86. The first-order valence-electron chi connectivity index (χ1n) is 7.91. The highest BCUT2D eigenvalue weighted by Gasteiger charge is 2.34. The summed E-state index contributed by atoms with van der Waals surface area (Å²) >= 11 is 0. The zero-order valence-corrected chi connectivity index (χ0v) is 13.2. The van der Waals surface area contributed by atoms with Gasteiger partial charge in [-0.2, -0.15) is 0 Å². The number of nitrogens with zero attached hydrogens (tertiary/aromatic N) is 2. The van der Waals surface area contributed by atoms with E-state index in [1.807, 2.05) is 12.3 Å². The highest BCUT2D eigenvalue weighted by atomic mass is 15.1. The van der Waals surface area contributed by atoms with E-state index in [4.69, 9.17) is 0 Å². The zero-order chi connectivity index (χ0) is 14.4. The van der Waals surface area contributed by atoms with Gasteiger partial charge >= 0.3 is 0 Å². The van der Waals surface area contributed by atoms with Gasteiger partial charge in [-0.25, -0.2) is 0 Å². The monoisotopic (exact) mass is 275 g/mol. The number of rotatable bonds is 7. The Kier molecular flexibility index (Phi) is 5.55. The van der Waals surface area contributed by atoms with Crippen LogP contribution in [0, 0.1) is 5.41 Å². The fraction of sp³-hybridized carbons (Fsp3) is 0.706. The number of hydrogen-bond donors (Lipinski definition) is 1. The van der Waals surface area contributed by atoms with E-state index in [1.165, 1.54) is 37.9 Å². The Morgan fingerprint density at radius 3 is 2.65 bits per heavy atom. The largest absolute Gasteiger partial charge is 0.314 e. The van der Waals surface area contributed by atoms with Gasteiger partial charge in [0.2, 0.25) is 0 Å². The lowest BCUT2D eigenvalue weighted by Crippen LogP contribution is -2.43. The van der Waals surface area contributed by atoms with Crippen molar-refractivity contribution in [1.82, 2.24) is 15.2 Å². The molecule has 0 radical (unpaired) electrons. The molecule has 0 spiro atoms. The predicted octanol–water partition coefficient (Wildman–Crippen LogP) is 3.07. The third-order valence-corrected chi connectivity index (χ3v) is 4.31. The molecule has 1 aliphatic carbocycles. The van der Waals surface area contributed by atoms with Crippen molar-refractivity contribution in [3.8, 4) is 0 Å². The Labute approximate surface area is 123 Å². The van der Waals surface area contributed by atoms with Crippen LogP contribution in [0.25, 0.3) is 0 Å². The topological polar surface area (TPSA) is 28.2 Å². The highest BCUT2D eigenvalue weighted by Crippen LogP contribution is 2.38. The quantitative estimate of drug-likeness (QED) is 0.829. The molecule has 0 amide bonds. The maximum Gasteiger partial charge on any atom is 0.0543 e. The standard InChI is InChI=1S/C17H29N3/c1-15(2)19-13-17(9-5-6-10-17)14-20(3)12-16-8-4-7-11-18-16/h4,7-8,11,15,19H,5-6,9-10,12-14H2,1-3H3. The summed E-state index contributed by atoms with van der Waals surface area (Å²) in [6, 6.07) is 6.74. The molecule has 1 fully saturated rings. The summed E-state index contributed by atoms with van der Waals surface area (Å²) in [6.45, 7) is 7.74. The van der Waals surface area contributed by atoms with E-state index in [0.29, 0.717) is 11.5 Å². The molecule has 3 nitrogen and oxygen atoms in total. The van der Waals surface area contributed by atoms with Gasteiger partial charge in [0.25, 0.3) is 0 Å². The first-order valence-corrected chi connectivity index (χ1v) is 7.91. The van der Waals surface area contributed by atoms with Gasteiger partial charge in [0.15, 0.2) is 0 Å². The van der Waals surface area contributed by atoms with Crippen molar-refractivity contribution in [3.05, 3.63) is 30.1 Å². The minimum absolute atomic E-state index is 0.466. The van der Waals surface area contributed by atoms with Crippen LogP contribution < -0.4 is 5.32 Å². The van der Waals surface area contributed by atoms with E-state index in [1.54, 1.807) is 0 Å². The van der Waals surface area contributed by atoms with Crippen LogP contribution in [0.5, 0.6) is 0 Å². The molecule has 1 heterocycles. The van der Waals surface area contributed by atoms with Crippen LogP contribution in [-0.2, 0) is 6.54 Å². The van der Waals surface area contributed by atoms with Gasteiger partial charge in [0.1, 0.15) is 0 Å². The third kappa shape index (κ3) is 4.57. The van der Waals surface area contributed by atoms with Crippen LogP contribution in [0.15, 0.2) is 24.4 Å². The number of nitrogens with one attached hydrogen (secondary N) is 1. The second-order valence-electron chi connectivity index (χ2n) is 6.74. The summed E-state index contributed by atoms with van der Waals surface area (Å²) in [5.41, 5.74) is 1.63. The molecule has 20 heavy (non-hydrogen) atoms. The van der Waals surface area contributed by atoms with E-state index in [-0.39, 0.29) is 0 Å². The van der Waals surface area contributed by atoms with E-state index < -0.39 is 0 Å². The van der Waals surface area contributed by atoms with E-state index in [2.05, 4.69) is 48.2 Å². The maximum atomic E-state index is 4.43. The fourth-order valence-electron chi connectivity index (χ4n) is 3.33. The van der Waals surface area contributed by atoms with Crippen molar-refractivity contribution >= 4 is 0 Å². The molecule has 1 saturated carbocycles. The first-order chi connectivity index (χ1) is 9.60. The smallest absolute Gasteiger partial charge is 0.0543 e. The SMILES string of the molecule is CC(C)NCC1(CN(C)Cc2ccccn2)CCCC1. The van der Waals surface area contributed by atoms with Crippen LogP contribution in [-0.4, -0.2) is 36.1 Å². The normalized spacial score (nSPS) is 18.1. The van der Waals surface area contributed by atoms with Crippen molar-refractivity contribution in [2.75, 3.05) is 20.1 Å².